The first-order valence-corrected chi connectivity index (χ1v) is 9.54. The van der Waals surface area contributed by atoms with E-state index in [1.165, 1.54) is 5.56 Å². The first-order valence-electron chi connectivity index (χ1n) is 9.54. The summed E-state index contributed by atoms with van der Waals surface area (Å²) in [5.74, 6) is 1.21. The van der Waals surface area contributed by atoms with Crippen molar-refractivity contribution in [3.05, 3.63) is 71.1 Å². The zero-order chi connectivity index (χ0) is 19.9. The van der Waals surface area contributed by atoms with Crippen LogP contribution in [-0.2, 0) is 24.1 Å². The second-order valence-electron chi connectivity index (χ2n) is 6.79. The average molecular weight is 379 g/mol. The molecular formula is C23H25NO4. The summed E-state index contributed by atoms with van der Waals surface area (Å²) >= 11 is 0. The van der Waals surface area contributed by atoms with Gasteiger partial charge in [0.25, 0.3) is 0 Å². The predicted molar refractivity (Wildman–Crippen MR) is 108 cm³/mol. The molecule has 1 N–H and O–H groups in total. The number of benzene rings is 2. The molecule has 0 radical (unpaired) electrons. The molecule has 0 saturated carbocycles. The lowest BCUT2D eigenvalue weighted by molar-refractivity contribution is -0.136. The van der Waals surface area contributed by atoms with Gasteiger partial charge in [0.05, 0.1) is 18.7 Å². The Balaban J connectivity index is 1.60. The van der Waals surface area contributed by atoms with Crippen LogP contribution in [0.5, 0.6) is 5.75 Å². The number of hydrogen-bond acceptors (Lipinski definition) is 4. The van der Waals surface area contributed by atoms with E-state index in [4.69, 9.17) is 14.3 Å². The Labute approximate surface area is 165 Å². The minimum atomic E-state index is -0.856. The van der Waals surface area contributed by atoms with Crippen LogP contribution in [0.25, 0.3) is 11.5 Å². The van der Waals surface area contributed by atoms with E-state index in [1.807, 2.05) is 25.1 Å². The zero-order valence-electron chi connectivity index (χ0n) is 16.3. The number of carboxylic acid groups (broad SMARTS) is 1. The molecule has 0 fully saturated rings. The SMILES string of the molecule is CCCc1ccc(-c2nc(CCOc3cccc(CC(=O)O)c3)c(C)o2)cc1. The molecule has 0 aliphatic carbocycles. The lowest BCUT2D eigenvalue weighted by Gasteiger charge is -2.06. The summed E-state index contributed by atoms with van der Waals surface area (Å²) in [5.41, 5.74) is 3.87. The number of aryl methyl sites for hydroxylation is 2. The van der Waals surface area contributed by atoms with E-state index in [1.54, 1.807) is 18.2 Å². The fourth-order valence-corrected chi connectivity index (χ4v) is 3.07. The molecule has 0 saturated heterocycles. The molecule has 28 heavy (non-hydrogen) atoms. The number of nitrogens with zero attached hydrogens (tertiary/aromatic N) is 1. The van der Waals surface area contributed by atoms with E-state index >= 15 is 0 Å². The molecule has 1 aromatic heterocycles. The summed E-state index contributed by atoms with van der Waals surface area (Å²) in [6, 6.07) is 15.5. The molecule has 5 nitrogen and oxygen atoms in total. The van der Waals surface area contributed by atoms with Crippen molar-refractivity contribution in [3.63, 3.8) is 0 Å². The van der Waals surface area contributed by atoms with Gasteiger partial charge in [0.15, 0.2) is 0 Å². The number of ether oxygens (including phenoxy) is 1. The minimum Gasteiger partial charge on any atom is -0.493 e. The van der Waals surface area contributed by atoms with Gasteiger partial charge in [0, 0.05) is 12.0 Å². The molecule has 0 atom stereocenters. The van der Waals surface area contributed by atoms with Crippen molar-refractivity contribution in [3.8, 4) is 17.2 Å². The van der Waals surface area contributed by atoms with E-state index in [9.17, 15) is 4.79 Å². The molecule has 146 valence electrons. The molecule has 2 aromatic carbocycles. The normalized spacial score (nSPS) is 10.8. The molecule has 5 heteroatoms. The van der Waals surface area contributed by atoms with Crippen molar-refractivity contribution >= 4 is 5.97 Å². The second kappa shape index (κ2) is 9.22. The Bertz CT molecular complexity index is 928. The van der Waals surface area contributed by atoms with Gasteiger partial charge in [-0.05, 0) is 48.7 Å². The highest BCUT2D eigenvalue weighted by molar-refractivity contribution is 5.70. The van der Waals surface area contributed by atoms with Gasteiger partial charge in [-0.3, -0.25) is 4.79 Å². The van der Waals surface area contributed by atoms with Gasteiger partial charge in [0.2, 0.25) is 5.89 Å². The summed E-state index contributed by atoms with van der Waals surface area (Å²) in [4.78, 5) is 15.4. The topological polar surface area (TPSA) is 72.6 Å². The molecule has 3 rings (SSSR count). The highest BCUT2D eigenvalue weighted by Crippen LogP contribution is 2.23. The van der Waals surface area contributed by atoms with Crippen LogP contribution in [-0.4, -0.2) is 22.7 Å². The van der Waals surface area contributed by atoms with Crippen molar-refractivity contribution in [2.24, 2.45) is 0 Å². The Morgan fingerprint density at radius 2 is 1.89 bits per heavy atom. The summed E-state index contributed by atoms with van der Waals surface area (Å²) < 4.78 is 11.6. The molecule has 1 heterocycles. The highest BCUT2D eigenvalue weighted by Gasteiger charge is 2.12. The number of rotatable bonds is 9. The van der Waals surface area contributed by atoms with Gasteiger partial charge in [-0.2, -0.15) is 0 Å². The number of aromatic nitrogens is 1. The van der Waals surface area contributed by atoms with Crippen LogP contribution in [0.3, 0.4) is 0 Å². The third-order valence-electron chi connectivity index (χ3n) is 4.49. The van der Waals surface area contributed by atoms with Crippen molar-refractivity contribution in [1.29, 1.82) is 0 Å². The monoisotopic (exact) mass is 379 g/mol. The van der Waals surface area contributed by atoms with Crippen LogP contribution in [0, 0.1) is 6.92 Å². The quantitative estimate of drug-likeness (QED) is 0.575. The van der Waals surface area contributed by atoms with Crippen LogP contribution in [0.2, 0.25) is 0 Å². The number of aliphatic carboxylic acids is 1. The van der Waals surface area contributed by atoms with Crippen molar-refractivity contribution in [1.82, 2.24) is 4.98 Å². The van der Waals surface area contributed by atoms with Crippen LogP contribution >= 0.6 is 0 Å². The number of carboxylic acids is 1. The van der Waals surface area contributed by atoms with Gasteiger partial charge < -0.3 is 14.3 Å². The lowest BCUT2D eigenvalue weighted by atomic mass is 10.1. The Hall–Kier alpha value is -3.08. The largest absolute Gasteiger partial charge is 0.493 e. The maximum atomic E-state index is 10.8. The van der Waals surface area contributed by atoms with Crippen molar-refractivity contribution in [2.45, 2.75) is 39.5 Å². The fourth-order valence-electron chi connectivity index (χ4n) is 3.07. The minimum absolute atomic E-state index is 0.0139. The number of oxazole rings is 1. The highest BCUT2D eigenvalue weighted by atomic mass is 16.5. The molecule has 0 aliphatic rings. The molecule has 3 aromatic rings. The summed E-state index contributed by atoms with van der Waals surface area (Å²) in [6.07, 6.45) is 2.80. The Morgan fingerprint density at radius 3 is 2.61 bits per heavy atom. The smallest absolute Gasteiger partial charge is 0.307 e. The molecule has 0 aliphatic heterocycles. The first-order chi connectivity index (χ1) is 13.5. The van der Waals surface area contributed by atoms with E-state index in [0.717, 1.165) is 35.4 Å². The van der Waals surface area contributed by atoms with Crippen LogP contribution in [0.1, 0.15) is 35.9 Å². The van der Waals surface area contributed by atoms with Crippen LogP contribution in [0.4, 0.5) is 0 Å². The van der Waals surface area contributed by atoms with E-state index in [0.29, 0.717) is 24.7 Å². The molecular weight excluding hydrogens is 354 g/mol. The van der Waals surface area contributed by atoms with E-state index in [2.05, 4.69) is 24.0 Å². The number of hydrogen-bond donors (Lipinski definition) is 1. The maximum absolute atomic E-state index is 10.8. The van der Waals surface area contributed by atoms with Gasteiger partial charge in [0.1, 0.15) is 11.5 Å². The molecule has 0 spiro atoms. The maximum Gasteiger partial charge on any atom is 0.307 e. The fraction of sp³-hybridized carbons (Fsp3) is 0.304. The third-order valence-corrected chi connectivity index (χ3v) is 4.49. The van der Waals surface area contributed by atoms with Gasteiger partial charge in [-0.15, -0.1) is 0 Å². The van der Waals surface area contributed by atoms with Crippen LogP contribution < -0.4 is 4.74 Å². The van der Waals surface area contributed by atoms with Crippen molar-refractivity contribution in [2.75, 3.05) is 6.61 Å². The Kier molecular flexibility index (Phi) is 6.48. The van der Waals surface area contributed by atoms with Crippen LogP contribution in [0.15, 0.2) is 52.9 Å². The summed E-state index contributed by atoms with van der Waals surface area (Å²) in [6.45, 7) is 4.52. The van der Waals surface area contributed by atoms with Gasteiger partial charge in [-0.25, -0.2) is 4.98 Å². The number of carbonyl (C=O) groups is 1. The average Bonchev–Trinajstić information content (AvgIpc) is 3.03. The van der Waals surface area contributed by atoms with E-state index < -0.39 is 5.97 Å². The second-order valence-corrected chi connectivity index (χ2v) is 6.79. The lowest BCUT2D eigenvalue weighted by Crippen LogP contribution is -2.04. The molecule has 0 bridgehead atoms. The summed E-state index contributed by atoms with van der Waals surface area (Å²) in [7, 11) is 0. The standard InChI is InChI=1S/C23H25NO4/c1-3-5-17-8-10-19(11-9-17)23-24-21(16(2)28-23)12-13-27-20-7-4-6-18(14-20)15-22(25)26/h4,6-11,14H,3,5,12-13,15H2,1-2H3,(H,25,26). The Morgan fingerprint density at radius 1 is 1.11 bits per heavy atom. The van der Waals surface area contributed by atoms with E-state index in [-0.39, 0.29) is 6.42 Å². The first kappa shape index (κ1) is 19.7. The molecule has 0 unspecified atom stereocenters. The van der Waals surface area contributed by atoms with Crippen molar-refractivity contribution < 1.29 is 19.1 Å². The van der Waals surface area contributed by atoms with Gasteiger partial charge >= 0.3 is 5.97 Å². The third kappa shape index (κ3) is 5.22. The molecule has 0 amide bonds. The zero-order valence-corrected chi connectivity index (χ0v) is 16.3. The van der Waals surface area contributed by atoms with Gasteiger partial charge in [-0.1, -0.05) is 37.6 Å². The summed E-state index contributed by atoms with van der Waals surface area (Å²) in [5, 5.41) is 8.89. The predicted octanol–water partition coefficient (Wildman–Crippen LogP) is 4.85.